The van der Waals surface area contributed by atoms with Crippen LogP contribution in [0.2, 0.25) is 0 Å². The summed E-state index contributed by atoms with van der Waals surface area (Å²) in [5, 5.41) is 14.8. The van der Waals surface area contributed by atoms with E-state index in [1.165, 1.54) is 315 Å². The standard InChI is InChI=1S/C24H30.3C18H24.C17H24.C12H18/c1-11-12(2)16(6)22-20(10)24-18(8)14(4)13(3)17(7)23(24)19(9)21(22)15(11)5;3*1-9-10(2)14(6)18-16(8)12(4)11(3)15(7)17(18)13(9)5;1-9-10(2)12(4)16-15(11(9)3)13(5)14(6)17(16,7)8;1-7-8(2)10(4)12(6)11(5)9(7)3/h1-10H3;3*1-8H3;1-8H3;1-6H3. The van der Waals surface area contributed by atoms with Crippen LogP contribution in [0.15, 0.2) is 5.57 Å². The second kappa shape index (κ2) is 31.4. The van der Waals surface area contributed by atoms with Crippen LogP contribution in [0, 0.1) is 305 Å². The molecule has 0 saturated carbocycles. The van der Waals surface area contributed by atoms with Crippen molar-refractivity contribution in [2.24, 2.45) is 0 Å². The first-order valence-electron chi connectivity index (χ1n) is 40.2. The van der Waals surface area contributed by atoms with Crippen LogP contribution >= 0.6 is 0 Å². The fourth-order valence-electron chi connectivity index (χ4n) is 19.4. The molecule has 0 aromatic heterocycles. The molecule has 0 N–H and O–H groups in total. The molecule has 12 rings (SSSR count). The number of fused-ring (bicyclic) bond motifs is 6. The zero-order valence-electron chi connectivity index (χ0n) is 77.5. The Labute approximate surface area is 654 Å². The van der Waals surface area contributed by atoms with Gasteiger partial charge in [-0.3, -0.25) is 0 Å². The molecule has 572 valence electrons. The van der Waals surface area contributed by atoms with Crippen LogP contribution < -0.4 is 0 Å². The summed E-state index contributed by atoms with van der Waals surface area (Å²) in [6, 6.07) is 0. The molecule has 0 fully saturated rings. The molecule has 0 saturated heterocycles. The maximum Gasteiger partial charge on any atom is 0.0117 e. The second-order valence-electron chi connectivity index (χ2n) is 34.9. The molecule has 0 unspecified atom stereocenters. The minimum atomic E-state index is 0.201. The van der Waals surface area contributed by atoms with Crippen LogP contribution in [-0.2, 0) is 5.41 Å². The van der Waals surface area contributed by atoms with Gasteiger partial charge in [0.2, 0.25) is 0 Å². The highest BCUT2D eigenvalue weighted by Gasteiger charge is 2.37. The third kappa shape index (κ3) is 13.9. The Kier molecular flexibility index (Phi) is 25.5. The van der Waals surface area contributed by atoms with E-state index >= 15 is 0 Å². The zero-order valence-corrected chi connectivity index (χ0v) is 77.5. The van der Waals surface area contributed by atoms with Crippen molar-refractivity contribution >= 4 is 59.4 Å². The van der Waals surface area contributed by atoms with Gasteiger partial charge in [0.05, 0.1) is 0 Å². The third-order valence-electron chi connectivity index (χ3n) is 30.8. The average Bonchev–Trinajstić information content (AvgIpc) is 1.21. The van der Waals surface area contributed by atoms with Gasteiger partial charge in [0.1, 0.15) is 0 Å². The molecule has 0 spiro atoms. The molecule has 11 aromatic rings. The lowest BCUT2D eigenvalue weighted by Crippen LogP contribution is -2.18. The molecular weight excluding hydrogens is 1290 g/mol. The van der Waals surface area contributed by atoms with Gasteiger partial charge in [-0.25, -0.2) is 0 Å². The fourth-order valence-corrected chi connectivity index (χ4v) is 19.4. The van der Waals surface area contributed by atoms with Crippen molar-refractivity contribution in [3.8, 4) is 0 Å². The molecule has 11 aromatic carbocycles. The van der Waals surface area contributed by atoms with E-state index in [0.29, 0.717) is 0 Å². The van der Waals surface area contributed by atoms with Crippen LogP contribution in [0.3, 0.4) is 0 Å². The quantitative estimate of drug-likeness (QED) is 0.133. The second-order valence-corrected chi connectivity index (χ2v) is 34.9. The number of hydrogen-bond acceptors (Lipinski definition) is 0. The highest BCUT2D eigenvalue weighted by molar-refractivity contribution is 6.11. The maximum atomic E-state index is 2.36. The molecule has 1 aliphatic carbocycles. The average molecular weight is 1430 g/mol. The predicted molar refractivity (Wildman–Crippen MR) is 486 cm³/mol. The maximum absolute atomic E-state index is 2.36. The lowest BCUT2D eigenvalue weighted by molar-refractivity contribution is 0.632. The van der Waals surface area contributed by atoms with E-state index in [9.17, 15) is 0 Å². The van der Waals surface area contributed by atoms with Crippen LogP contribution in [0.4, 0.5) is 0 Å². The van der Waals surface area contributed by atoms with Crippen molar-refractivity contribution in [1.82, 2.24) is 0 Å². The van der Waals surface area contributed by atoms with Gasteiger partial charge >= 0.3 is 0 Å². The molecule has 0 radical (unpaired) electrons. The SMILES string of the molecule is CC1=C(C)C(C)(C)c2c(C)c(C)c(C)c(C)c21.Cc1c(C)c(C)c(C)c(C)c1C.Cc1c(C)c(C)c2c(C)c(C)c(C)c(C)c2c1C.Cc1c(C)c(C)c2c(C)c(C)c(C)c(C)c2c1C.Cc1c(C)c(C)c2c(C)c(C)c(C)c(C)c2c1C.Cc1c(C)c(C)c2c(C)c3c(C)c(C)c(C)c(C)c3c(C)c2c1C. The van der Waals surface area contributed by atoms with Crippen molar-refractivity contribution in [2.75, 3.05) is 0 Å². The molecule has 0 heteroatoms. The summed E-state index contributed by atoms with van der Waals surface area (Å²) < 4.78 is 0. The summed E-state index contributed by atoms with van der Waals surface area (Å²) in [6.45, 7) is 109. The Balaban J connectivity index is 0.000000181. The fraction of sp³-hybridized carbons (Fsp3) is 0.458. The van der Waals surface area contributed by atoms with Gasteiger partial charge in [0, 0.05) is 5.41 Å². The minimum Gasteiger partial charge on any atom is -0.0597 e. The summed E-state index contributed by atoms with van der Waals surface area (Å²) in [6.07, 6.45) is 0. The van der Waals surface area contributed by atoms with Gasteiger partial charge in [-0.05, 0) is 634 Å². The van der Waals surface area contributed by atoms with Gasteiger partial charge in [0.25, 0.3) is 0 Å². The van der Waals surface area contributed by atoms with Gasteiger partial charge in [-0.1, -0.05) is 19.4 Å². The van der Waals surface area contributed by atoms with E-state index < -0.39 is 0 Å². The number of benzene rings is 11. The molecule has 1 aliphatic rings. The Morgan fingerprint density at radius 3 is 0.355 bits per heavy atom. The van der Waals surface area contributed by atoms with E-state index in [1.807, 2.05) is 0 Å². The molecule has 0 bridgehead atoms. The molecule has 0 amide bonds. The summed E-state index contributed by atoms with van der Waals surface area (Å²) in [5.41, 5.74) is 70.3. The van der Waals surface area contributed by atoms with Crippen molar-refractivity contribution in [2.45, 2.75) is 338 Å². The van der Waals surface area contributed by atoms with Crippen LogP contribution in [0.25, 0.3) is 59.4 Å². The molecule has 0 nitrogen and oxygen atoms in total. The summed E-state index contributed by atoms with van der Waals surface area (Å²) >= 11 is 0. The van der Waals surface area contributed by atoms with Gasteiger partial charge < -0.3 is 0 Å². The molecule has 0 heterocycles. The normalized spacial score (nSPS) is 12.3. The number of hydrogen-bond donors (Lipinski definition) is 0. The van der Waals surface area contributed by atoms with Crippen LogP contribution in [-0.4, -0.2) is 0 Å². The van der Waals surface area contributed by atoms with Crippen molar-refractivity contribution in [3.63, 3.8) is 0 Å². The van der Waals surface area contributed by atoms with Gasteiger partial charge in [-0.15, -0.1) is 0 Å². The van der Waals surface area contributed by atoms with Crippen LogP contribution in [0.1, 0.15) is 284 Å². The predicted octanol–water partition coefficient (Wildman–Crippen LogP) is 31.5. The summed E-state index contributed by atoms with van der Waals surface area (Å²) in [5.74, 6) is 0. The van der Waals surface area contributed by atoms with E-state index in [1.54, 1.807) is 5.56 Å². The topological polar surface area (TPSA) is 0 Å². The highest BCUT2D eigenvalue weighted by Crippen LogP contribution is 2.51. The Morgan fingerprint density at radius 2 is 0.215 bits per heavy atom. The Bertz CT molecular complexity index is 4740. The molecule has 107 heavy (non-hydrogen) atoms. The first-order chi connectivity index (χ1) is 49.1. The lowest BCUT2D eigenvalue weighted by atomic mass is 9.77. The summed E-state index contributed by atoms with van der Waals surface area (Å²) in [7, 11) is 0. The first-order valence-corrected chi connectivity index (χ1v) is 40.2. The molecule has 0 atom stereocenters. The monoisotopic (exact) mass is 1430 g/mol. The first kappa shape index (κ1) is 86.7. The Morgan fingerprint density at radius 1 is 0.112 bits per heavy atom. The third-order valence-corrected chi connectivity index (χ3v) is 30.8. The van der Waals surface area contributed by atoms with E-state index in [2.05, 4.69) is 332 Å². The number of aryl methyl sites for hydroxylation is 18. The molecular formula is C107H144. The minimum absolute atomic E-state index is 0.201. The van der Waals surface area contributed by atoms with E-state index in [4.69, 9.17) is 0 Å². The van der Waals surface area contributed by atoms with E-state index in [-0.39, 0.29) is 5.41 Å². The zero-order chi connectivity index (χ0) is 82.0. The van der Waals surface area contributed by atoms with Crippen molar-refractivity contribution < 1.29 is 0 Å². The van der Waals surface area contributed by atoms with Gasteiger partial charge in [-0.2, -0.15) is 0 Å². The lowest BCUT2D eigenvalue weighted by Gasteiger charge is -2.27. The highest BCUT2D eigenvalue weighted by atomic mass is 14.4. The largest absolute Gasteiger partial charge is 0.0597 e. The van der Waals surface area contributed by atoms with Crippen molar-refractivity contribution in [1.29, 1.82) is 0 Å². The number of allylic oxidation sites excluding steroid dienone is 2. The number of rotatable bonds is 0. The van der Waals surface area contributed by atoms with Gasteiger partial charge in [0.15, 0.2) is 0 Å². The van der Waals surface area contributed by atoms with E-state index in [0.717, 1.165) is 0 Å². The smallest absolute Gasteiger partial charge is 0.0117 e. The Hall–Kier alpha value is -7.54. The summed E-state index contributed by atoms with van der Waals surface area (Å²) in [4.78, 5) is 0. The van der Waals surface area contributed by atoms with Crippen molar-refractivity contribution in [3.05, 3.63) is 261 Å². The molecule has 0 aliphatic heterocycles. The van der Waals surface area contributed by atoms with Crippen LogP contribution in [0.5, 0.6) is 0 Å².